The van der Waals surface area contributed by atoms with E-state index in [1.807, 2.05) is 0 Å². The van der Waals surface area contributed by atoms with Crippen molar-refractivity contribution in [1.29, 1.82) is 5.16 Å². The van der Waals surface area contributed by atoms with Crippen molar-refractivity contribution in [3.05, 3.63) is 0 Å². The Kier molecular flexibility index (Phi) is 1.87. The van der Waals surface area contributed by atoms with E-state index < -0.39 is 7.66 Å². The summed E-state index contributed by atoms with van der Waals surface area (Å²) in [5.74, 6) is 0. The number of rotatable bonds is 1. The molecule has 0 unspecified atom stereocenters. The third-order valence-corrected chi connectivity index (χ3v) is 0.541. The second kappa shape index (κ2) is 2.00. The van der Waals surface area contributed by atoms with Crippen molar-refractivity contribution in [1.82, 2.24) is 0 Å². The third kappa shape index (κ3) is 5.53. The molecule has 0 radical (unpaired) electrons. The van der Waals surface area contributed by atoms with Crippen molar-refractivity contribution in [2.24, 2.45) is 4.76 Å². The Morgan fingerprint density at radius 2 is 2.14 bits per heavy atom. The van der Waals surface area contributed by atoms with E-state index >= 15 is 0 Å². The van der Waals surface area contributed by atoms with Crippen LogP contribution in [-0.2, 0) is 4.79 Å². The predicted octanol–water partition coefficient (Wildman–Crippen LogP) is -0.168. The van der Waals surface area contributed by atoms with Gasteiger partial charge in [-0.25, -0.2) is 9.96 Å². The van der Waals surface area contributed by atoms with Gasteiger partial charge in [0.15, 0.2) is 0 Å². The van der Waals surface area contributed by atoms with E-state index in [4.69, 9.17) is 19.7 Å². The summed E-state index contributed by atoms with van der Waals surface area (Å²) < 4.78 is 2.34. The molecule has 0 aromatic carbocycles. The van der Waals surface area contributed by atoms with E-state index in [2.05, 4.69) is 4.76 Å². The van der Waals surface area contributed by atoms with Crippen LogP contribution in [0.3, 0.4) is 0 Å². The number of hydrogen-bond acceptors (Lipinski definition) is 2. The molecule has 0 heterocycles. The molecule has 0 atom stereocenters. The molecule has 5 nitrogen and oxygen atoms in total. The highest BCUT2D eigenvalue weighted by Gasteiger charge is 1.99. The van der Waals surface area contributed by atoms with Crippen molar-refractivity contribution in [3.63, 3.8) is 0 Å². The molecular formula is CH3N2O3P. The zero-order chi connectivity index (χ0) is 5.91. The predicted molar refractivity (Wildman–Crippen MR) is 22.2 cm³/mol. The van der Waals surface area contributed by atoms with Gasteiger partial charge in [-0.2, -0.15) is 0 Å². The zero-order valence-corrected chi connectivity index (χ0v) is 4.09. The maximum absolute atomic E-state index is 9.12. The molecule has 7 heavy (non-hydrogen) atoms. The first-order chi connectivity index (χ1) is 3.06. The summed E-state index contributed by atoms with van der Waals surface area (Å²) in [7, 11) is -3.96. The van der Waals surface area contributed by atoms with Crippen LogP contribution < -0.4 is 0 Å². The topological polar surface area (TPSA) is 93.7 Å². The summed E-state index contributed by atoms with van der Waals surface area (Å²) >= 11 is 0. The average Bonchev–Trinajstić information content (AvgIpc) is 1.30. The lowest BCUT2D eigenvalue weighted by Crippen LogP contribution is -1.64. The van der Waals surface area contributed by atoms with E-state index in [9.17, 15) is 0 Å². The molecule has 0 fully saturated rings. The van der Waals surface area contributed by atoms with Crippen LogP contribution in [0.25, 0.3) is 0 Å². The highest BCUT2D eigenvalue weighted by atomic mass is 31.2. The highest BCUT2D eigenvalue weighted by Crippen LogP contribution is 2.35. The molecule has 0 aromatic rings. The average molecular weight is 122 g/mol. The van der Waals surface area contributed by atoms with Gasteiger partial charge in [0.1, 0.15) is 0 Å². The molecule has 0 amide bonds. The van der Waals surface area contributed by atoms with E-state index in [-0.39, 0.29) is 0 Å². The first kappa shape index (κ1) is 6.53. The van der Waals surface area contributed by atoms with Crippen molar-refractivity contribution in [2.75, 3.05) is 0 Å². The van der Waals surface area contributed by atoms with Crippen molar-refractivity contribution in [3.8, 4) is 0 Å². The second-order valence-corrected chi connectivity index (χ2v) is 2.10. The van der Waals surface area contributed by atoms with Gasteiger partial charge in [-0.3, -0.25) is 0 Å². The molecule has 0 aliphatic rings. The smallest absolute Gasteiger partial charge is 0.322 e. The van der Waals surface area contributed by atoms with Crippen LogP contribution in [0, 0.1) is 5.16 Å². The van der Waals surface area contributed by atoms with Crippen molar-refractivity contribution in [2.45, 2.75) is 0 Å². The van der Waals surface area contributed by atoms with Gasteiger partial charge in [-0.15, -0.1) is 4.76 Å². The summed E-state index contributed by atoms with van der Waals surface area (Å²) in [6.07, 6.45) is 0.845. The van der Waals surface area contributed by atoms with E-state index in [1.54, 1.807) is 0 Å². The Morgan fingerprint density at radius 3 is 2.14 bits per heavy atom. The Labute approximate surface area is 39.4 Å². The minimum atomic E-state index is -3.96. The number of isocyanates is 1. The summed E-state index contributed by atoms with van der Waals surface area (Å²) in [5.41, 5.74) is 0. The van der Waals surface area contributed by atoms with Crippen LogP contribution in [0.1, 0.15) is 0 Å². The number of nitrogens with one attached hydrogen (secondary N) is 1. The maximum Gasteiger partial charge on any atom is 0.338 e. The van der Waals surface area contributed by atoms with E-state index in [0.717, 1.165) is 6.08 Å². The van der Waals surface area contributed by atoms with E-state index in [1.165, 1.54) is 0 Å². The third-order valence-electron chi connectivity index (χ3n) is 0.180. The Hall–Kier alpha value is -0.470. The van der Waals surface area contributed by atoms with Crippen LogP contribution >= 0.6 is 7.66 Å². The fourth-order valence-corrected chi connectivity index (χ4v) is 0.171. The lowest BCUT2D eigenvalue weighted by Gasteiger charge is -1.89. The highest BCUT2D eigenvalue weighted by molar-refractivity contribution is 7.51. The second-order valence-electron chi connectivity index (χ2n) is 0.760. The van der Waals surface area contributed by atoms with Gasteiger partial charge in [0.2, 0.25) is 6.08 Å². The molecular weight excluding hydrogens is 119 g/mol. The Bertz CT molecular complexity index is 141. The largest absolute Gasteiger partial charge is 0.338 e. The van der Waals surface area contributed by atoms with Crippen LogP contribution in [0.15, 0.2) is 4.76 Å². The zero-order valence-electron chi connectivity index (χ0n) is 3.20. The Balaban J connectivity index is 4.10. The number of carbonyl (C=O) groups excluding carboxylic acids is 1. The standard InChI is InChI=1S/CH3N2O3P/c2-7(5,6)3-1-4/h(H3,2,5,6). The first-order valence-corrected chi connectivity index (χ1v) is 2.90. The van der Waals surface area contributed by atoms with Crippen LogP contribution in [0.5, 0.6) is 0 Å². The quantitative estimate of drug-likeness (QED) is 0.256. The molecule has 0 rings (SSSR count). The molecule has 0 saturated carbocycles. The first-order valence-electron chi connectivity index (χ1n) is 1.25. The van der Waals surface area contributed by atoms with Crippen LogP contribution in [-0.4, -0.2) is 15.9 Å². The van der Waals surface area contributed by atoms with Crippen molar-refractivity contribution >= 4 is 13.7 Å². The summed E-state index contributed by atoms with van der Waals surface area (Å²) in [5, 5.41) is 6.12. The van der Waals surface area contributed by atoms with Crippen LogP contribution in [0.2, 0.25) is 0 Å². The van der Waals surface area contributed by atoms with Gasteiger partial charge in [-0.05, 0) is 0 Å². The van der Waals surface area contributed by atoms with Gasteiger partial charge in [-0.1, -0.05) is 0 Å². The maximum atomic E-state index is 9.12. The molecule has 0 saturated heterocycles. The van der Waals surface area contributed by atoms with Gasteiger partial charge >= 0.3 is 7.66 Å². The molecule has 3 N–H and O–H groups in total. The monoisotopic (exact) mass is 122 g/mol. The molecule has 40 valence electrons. The van der Waals surface area contributed by atoms with Gasteiger partial charge in [0, 0.05) is 0 Å². The molecule has 0 spiro atoms. The molecule has 0 aliphatic heterocycles. The minimum absolute atomic E-state index is 0.845. The summed E-state index contributed by atoms with van der Waals surface area (Å²) in [4.78, 5) is 25.0. The molecule has 0 bridgehead atoms. The molecule has 6 heteroatoms. The van der Waals surface area contributed by atoms with Crippen molar-refractivity contribution < 1.29 is 14.6 Å². The van der Waals surface area contributed by atoms with E-state index in [0.29, 0.717) is 0 Å². The normalized spacial score (nSPS) is 10.0. The fourth-order valence-electron chi connectivity index (χ4n) is 0.0569. The van der Waals surface area contributed by atoms with Gasteiger partial charge < -0.3 is 9.79 Å². The van der Waals surface area contributed by atoms with Crippen LogP contribution in [0.4, 0.5) is 0 Å². The van der Waals surface area contributed by atoms with Gasteiger partial charge in [0.05, 0.1) is 0 Å². The summed E-state index contributed by atoms with van der Waals surface area (Å²) in [6.45, 7) is 0. The summed E-state index contributed by atoms with van der Waals surface area (Å²) in [6, 6.07) is 0. The number of hydrogen-bond donors (Lipinski definition) is 3. The SMILES string of the molecule is N=P(O)(O)N=C=O. The Morgan fingerprint density at radius 1 is 1.71 bits per heavy atom. The molecule has 0 aliphatic carbocycles. The lowest BCUT2D eigenvalue weighted by molar-refractivity contribution is 0.462. The lowest BCUT2D eigenvalue weighted by atomic mass is 11.7. The minimum Gasteiger partial charge on any atom is -0.322 e. The fraction of sp³-hybridized carbons (Fsp3) is 0. The van der Waals surface area contributed by atoms with Gasteiger partial charge in [0.25, 0.3) is 0 Å². The number of nitrogens with zero attached hydrogens (tertiary/aromatic N) is 1. The molecule has 0 aromatic heterocycles.